The summed E-state index contributed by atoms with van der Waals surface area (Å²) in [5.74, 6) is 0.443. The van der Waals surface area contributed by atoms with E-state index in [1.54, 1.807) is 0 Å². The van der Waals surface area contributed by atoms with Gasteiger partial charge < -0.3 is 8.81 Å². The summed E-state index contributed by atoms with van der Waals surface area (Å²) in [4.78, 5) is 15.2. The minimum absolute atomic E-state index is 0.0808. The molecule has 2 rings (SSSR count). The van der Waals surface area contributed by atoms with E-state index in [-0.39, 0.29) is 23.6 Å². The normalized spacial score (nSPS) is 25.3. The predicted molar refractivity (Wildman–Crippen MR) is 56.3 cm³/mol. The first-order chi connectivity index (χ1) is 7.70. The zero-order valence-corrected chi connectivity index (χ0v) is 9.31. The third kappa shape index (κ3) is 2.37. The van der Waals surface area contributed by atoms with Gasteiger partial charge in [0.2, 0.25) is 7.85 Å². The Hall–Kier alpha value is -1.04. The molecule has 0 saturated heterocycles. The van der Waals surface area contributed by atoms with Gasteiger partial charge in [-0.3, -0.25) is 4.79 Å². The van der Waals surface area contributed by atoms with Crippen LogP contribution < -0.4 is 5.79 Å². The van der Waals surface area contributed by atoms with E-state index in [1.165, 1.54) is 0 Å². The molecule has 84 valence electrons. The molecule has 0 aliphatic heterocycles. The van der Waals surface area contributed by atoms with Crippen molar-refractivity contribution in [1.29, 1.82) is 0 Å². The average molecular weight is 240 g/mol. The fourth-order valence-electron chi connectivity index (χ4n) is 2.06. The molecule has 0 aromatic carbocycles. The van der Waals surface area contributed by atoms with Crippen LogP contribution in [0.5, 0.6) is 0 Å². The van der Waals surface area contributed by atoms with Crippen LogP contribution in [-0.2, 0) is 9.08 Å². The molecular formula is C9H10BClN2O3. The first-order valence-electron chi connectivity index (χ1n) is 5.12. The van der Waals surface area contributed by atoms with Crippen molar-refractivity contribution >= 4 is 31.5 Å². The second kappa shape index (κ2) is 4.87. The number of carbonyl (C=O) groups is 1. The first-order valence-corrected chi connectivity index (χ1v) is 5.43. The predicted octanol–water partition coefficient (Wildman–Crippen LogP) is 0.834. The summed E-state index contributed by atoms with van der Waals surface area (Å²) >= 11 is 5.04. The van der Waals surface area contributed by atoms with E-state index in [1.807, 2.05) is 0 Å². The molecule has 0 amide bonds. The van der Waals surface area contributed by atoms with Crippen molar-refractivity contribution in [2.24, 2.45) is 5.92 Å². The Bertz CT molecular complexity index is 377. The lowest BCUT2D eigenvalue weighted by Crippen LogP contribution is -2.21. The SMILES string of the molecule is [B]c1nc(C2CCC(C(=O)OCl)CC2)no1. The van der Waals surface area contributed by atoms with Gasteiger partial charge in [0.25, 0.3) is 0 Å². The molecular weight excluding hydrogens is 230 g/mol. The summed E-state index contributed by atoms with van der Waals surface area (Å²) in [5, 5.41) is 3.78. The fourth-order valence-corrected chi connectivity index (χ4v) is 2.19. The van der Waals surface area contributed by atoms with Gasteiger partial charge in [0.15, 0.2) is 11.6 Å². The summed E-state index contributed by atoms with van der Waals surface area (Å²) < 4.78 is 8.92. The van der Waals surface area contributed by atoms with Crippen molar-refractivity contribution in [3.63, 3.8) is 0 Å². The van der Waals surface area contributed by atoms with Crippen molar-refractivity contribution in [1.82, 2.24) is 10.1 Å². The van der Waals surface area contributed by atoms with Gasteiger partial charge in [0, 0.05) is 5.92 Å². The zero-order chi connectivity index (χ0) is 11.5. The maximum Gasteiger partial charge on any atom is 0.327 e. The number of hydrogen-bond donors (Lipinski definition) is 0. The van der Waals surface area contributed by atoms with Crippen molar-refractivity contribution in [3.05, 3.63) is 5.82 Å². The molecule has 1 aliphatic carbocycles. The van der Waals surface area contributed by atoms with E-state index in [2.05, 4.69) is 14.4 Å². The van der Waals surface area contributed by atoms with Gasteiger partial charge in [-0.1, -0.05) is 5.16 Å². The molecule has 0 spiro atoms. The molecule has 16 heavy (non-hydrogen) atoms. The van der Waals surface area contributed by atoms with E-state index in [9.17, 15) is 4.79 Å². The summed E-state index contributed by atoms with van der Waals surface area (Å²) in [6.07, 6.45) is 3.08. The van der Waals surface area contributed by atoms with Gasteiger partial charge in [0.1, 0.15) is 11.9 Å². The maximum atomic E-state index is 11.2. The van der Waals surface area contributed by atoms with Gasteiger partial charge in [0.05, 0.1) is 5.92 Å². The van der Waals surface area contributed by atoms with Crippen LogP contribution in [0.25, 0.3) is 0 Å². The standard InChI is InChI=1S/C9H10BClN2O3/c10-9-12-7(13-16-9)5-1-3-6(4-2-5)8(14)15-11/h5-6H,1-4H2. The zero-order valence-electron chi connectivity index (χ0n) is 8.56. The van der Waals surface area contributed by atoms with Crippen LogP contribution >= 0.6 is 11.9 Å². The smallest absolute Gasteiger partial charge is 0.327 e. The highest BCUT2D eigenvalue weighted by Crippen LogP contribution is 2.34. The van der Waals surface area contributed by atoms with Crippen LogP contribution in [0.3, 0.4) is 0 Å². The van der Waals surface area contributed by atoms with E-state index in [4.69, 9.17) is 24.2 Å². The van der Waals surface area contributed by atoms with Gasteiger partial charge in [-0.25, -0.2) is 4.98 Å². The van der Waals surface area contributed by atoms with E-state index in [0.717, 1.165) is 25.7 Å². The molecule has 1 aromatic rings. The summed E-state index contributed by atoms with van der Waals surface area (Å²) in [6, 6.07) is 0. The summed E-state index contributed by atoms with van der Waals surface area (Å²) in [5.41, 5.74) is 0. The molecule has 1 heterocycles. The number of carbonyl (C=O) groups excluding carboxylic acids is 1. The Morgan fingerprint density at radius 1 is 1.44 bits per heavy atom. The maximum absolute atomic E-state index is 11.2. The van der Waals surface area contributed by atoms with Gasteiger partial charge in [-0.2, -0.15) is 0 Å². The molecule has 0 atom stereocenters. The number of aromatic nitrogens is 2. The van der Waals surface area contributed by atoms with Crippen LogP contribution in [0, 0.1) is 5.92 Å². The quantitative estimate of drug-likeness (QED) is 0.717. The second-order valence-electron chi connectivity index (χ2n) is 3.94. The third-order valence-electron chi connectivity index (χ3n) is 2.96. The third-order valence-corrected chi connectivity index (χ3v) is 3.11. The molecule has 1 aliphatic rings. The van der Waals surface area contributed by atoms with E-state index >= 15 is 0 Å². The number of halogens is 1. The van der Waals surface area contributed by atoms with Crippen molar-refractivity contribution in [2.45, 2.75) is 31.6 Å². The molecule has 1 saturated carbocycles. The minimum atomic E-state index is -0.354. The molecule has 1 fully saturated rings. The van der Waals surface area contributed by atoms with Crippen molar-refractivity contribution < 1.29 is 13.6 Å². The topological polar surface area (TPSA) is 65.2 Å². The van der Waals surface area contributed by atoms with Crippen molar-refractivity contribution in [2.75, 3.05) is 0 Å². The van der Waals surface area contributed by atoms with E-state index < -0.39 is 0 Å². The number of hydrogen-bond acceptors (Lipinski definition) is 5. The van der Waals surface area contributed by atoms with Crippen LogP contribution in [0.2, 0.25) is 0 Å². The number of nitrogens with zero attached hydrogens (tertiary/aromatic N) is 2. The molecule has 0 bridgehead atoms. The van der Waals surface area contributed by atoms with E-state index in [0.29, 0.717) is 5.82 Å². The molecule has 5 nitrogen and oxygen atoms in total. The molecule has 7 heteroatoms. The fraction of sp³-hybridized carbons (Fsp3) is 0.667. The van der Waals surface area contributed by atoms with Crippen LogP contribution in [0.1, 0.15) is 37.4 Å². The highest BCUT2D eigenvalue weighted by atomic mass is 35.5. The monoisotopic (exact) mass is 240 g/mol. The highest BCUT2D eigenvalue weighted by Gasteiger charge is 2.30. The highest BCUT2D eigenvalue weighted by molar-refractivity contribution is 6.28. The molecule has 0 N–H and O–H groups in total. The lowest BCUT2D eigenvalue weighted by atomic mass is 9.82. The lowest BCUT2D eigenvalue weighted by molar-refractivity contribution is -0.139. The Labute approximate surface area is 99.1 Å². The number of rotatable bonds is 2. The Morgan fingerprint density at radius 3 is 2.62 bits per heavy atom. The average Bonchev–Trinajstić information content (AvgIpc) is 2.75. The minimum Gasteiger partial charge on any atom is -0.352 e. The Morgan fingerprint density at radius 2 is 2.12 bits per heavy atom. The molecule has 1 aromatic heterocycles. The lowest BCUT2D eigenvalue weighted by Gasteiger charge is -2.23. The summed E-state index contributed by atoms with van der Waals surface area (Å²) in [6.45, 7) is 0. The van der Waals surface area contributed by atoms with Crippen LogP contribution in [-0.4, -0.2) is 24.0 Å². The summed E-state index contributed by atoms with van der Waals surface area (Å²) in [7, 11) is 5.35. The van der Waals surface area contributed by atoms with Gasteiger partial charge in [-0.05, 0) is 25.7 Å². The van der Waals surface area contributed by atoms with Crippen LogP contribution in [0.15, 0.2) is 4.52 Å². The van der Waals surface area contributed by atoms with Gasteiger partial charge in [-0.15, -0.1) is 0 Å². The largest absolute Gasteiger partial charge is 0.352 e. The van der Waals surface area contributed by atoms with Crippen LogP contribution in [0.4, 0.5) is 0 Å². The van der Waals surface area contributed by atoms with Gasteiger partial charge >= 0.3 is 5.97 Å². The Balaban J connectivity index is 1.92. The molecule has 0 unspecified atom stereocenters. The molecule has 2 radical (unpaired) electrons. The first kappa shape index (κ1) is 11.5. The van der Waals surface area contributed by atoms with Crippen molar-refractivity contribution in [3.8, 4) is 0 Å². The second-order valence-corrected chi connectivity index (χ2v) is 4.09. The Kier molecular flexibility index (Phi) is 3.48.